The Hall–Kier alpha value is 0.0500. The van der Waals surface area contributed by atoms with Crippen molar-refractivity contribution in [3.05, 3.63) is 0 Å². The number of aliphatic hydroxyl groups is 2. The summed E-state index contributed by atoms with van der Waals surface area (Å²) < 4.78 is 32.7. The highest BCUT2D eigenvalue weighted by molar-refractivity contribution is 4.35. The predicted octanol–water partition coefficient (Wildman–Crippen LogP) is -3.98. The van der Waals surface area contributed by atoms with Crippen LogP contribution in [0.15, 0.2) is 0 Å². The second-order valence-electron chi connectivity index (χ2n) is 1.90. The summed E-state index contributed by atoms with van der Waals surface area (Å²) in [4.78, 5) is 0. The van der Waals surface area contributed by atoms with Crippen LogP contribution in [0.5, 0.6) is 0 Å². The molecule has 0 radical (unpaired) electrons. The summed E-state index contributed by atoms with van der Waals surface area (Å²) in [5, 5.41) is 16.4. The lowest BCUT2D eigenvalue weighted by molar-refractivity contribution is -1.92. The first-order valence-electron chi connectivity index (χ1n) is 3.26. The molecule has 0 fully saturated rings. The fraction of sp³-hybridized carbons (Fsp3) is 1.00. The van der Waals surface area contributed by atoms with Crippen LogP contribution in [-0.4, -0.2) is 28.1 Å². The monoisotopic (exact) mass is 204 g/mol. The standard InChI is InChI=1S/C5H12O2.ClHO4/c6-4-2-1-3-5-7;2-1(3,4)5/h6-7H,1-5H2;(H,2,3,4,5). The van der Waals surface area contributed by atoms with E-state index in [2.05, 4.69) is 0 Å². The van der Waals surface area contributed by atoms with E-state index in [1.54, 1.807) is 0 Å². The molecule has 0 heterocycles. The number of rotatable bonds is 4. The highest BCUT2D eigenvalue weighted by Crippen LogP contribution is 1.90. The van der Waals surface area contributed by atoms with Crippen molar-refractivity contribution < 1.29 is 39.1 Å². The highest BCUT2D eigenvalue weighted by Gasteiger charge is 1.98. The van der Waals surface area contributed by atoms with Gasteiger partial charge in [-0.05, 0) is 19.3 Å². The normalized spacial score (nSPS) is 10.5. The number of unbranched alkanes of at least 4 members (excludes halogenated alkanes) is 2. The molecule has 0 aliphatic rings. The van der Waals surface area contributed by atoms with E-state index in [1.165, 1.54) is 0 Å². The molecule has 0 saturated heterocycles. The van der Waals surface area contributed by atoms with Crippen LogP contribution in [0.1, 0.15) is 19.3 Å². The van der Waals surface area contributed by atoms with Crippen LogP contribution >= 0.6 is 0 Å². The molecule has 0 aliphatic carbocycles. The molecule has 12 heavy (non-hydrogen) atoms. The Labute approximate surface area is 72.4 Å². The minimum atomic E-state index is -4.69. The Kier molecular flexibility index (Phi) is 11.1. The Morgan fingerprint density at radius 2 is 1.08 bits per heavy atom. The fourth-order valence-corrected chi connectivity index (χ4v) is 0.400. The minimum absolute atomic E-state index is 0.250. The van der Waals surface area contributed by atoms with Gasteiger partial charge in [0.2, 0.25) is 0 Å². The lowest BCUT2D eigenvalue weighted by atomic mass is 10.2. The van der Waals surface area contributed by atoms with Gasteiger partial charge in [-0.25, -0.2) is 0 Å². The maximum Gasteiger partial charge on any atom is 0.0777 e. The molecule has 0 amide bonds. The summed E-state index contributed by atoms with van der Waals surface area (Å²) in [7, 11) is -4.69. The van der Waals surface area contributed by atoms with Gasteiger partial charge in [-0.2, -0.15) is 14.0 Å². The first-order chi connectivity index (χ1) is 5.41. The summed E-state index contributed by atoms with van der Waals surface area (Å²) in [5.74, 6) is 0. The molecule has 0 rings (SSSR count). The van der Waals surface area contributed by atoms with Crippen LogP contribution < -0.4 is 14.0 Å². The topological polar surface area (TPSA) is 130 Å². The first-order valence-corrected chi connectivity index (χ1v) is 4.53. The Morgan fingerprint density at radius 3 is 1.25 bits per heavy atom. The van der Waals surface area contributed by atoms with E-state index < -0.39 is 10.2 Å². The van der Waals surface area contributed by atoms with Gasteiger partial charge in [-0.1, -0.05) is 0 Å². The van der Waals surface area contributed by atoms with Gasteiger partial charge < -0.3 is 10.2 Å². The predicted molar refractivity (Wildman–Crippen MR) is 30.2 cm³/mol. The van der Waals surface area contributed by atoms with Crippen LogP contribution in [0.3, 0.4) is 0 Å². The van der Waals surface area contributed by atoms with Crippen LogP contribution in [0.2, 0.25) is 0 Å². The quantitative estimate of drug-likeness (QED) is 0.401. The molecule has 0 aromatic heterocycles. The van der Waals surface area contributed by atoms with Crippen molar-refractivity contribution in [3.8, 4) is 0 Å². The van der Waals surface area contributed by atoms with Crippen molar-refractivity contribution in [3.63, 3.8) is 0 Å². The highest BCUT2D eigenvalue weighted by atomic mass is 35.7. The third-order valence-electron chi connectivity index (χ3n) is 0.816. The fourth-order valence-electron chi connectivity index (χ4n) is 0.400. The van der Waals surface area contributed by atoms with Gasteiger partial charge in [-0.3, -0.25) is 0 Å². The van der Waals surface area contributed by atoms with Crippen LogP contribution in [-0.2, 0) is 0 Å². The molecule has 3 N–H and O–H groups in total. The summed E-state index contributed by atoms with van der Waals surface area (Å²) >= 11 is 0. The molecule has 0 atom stereocenters. The van der Waals surface area contributed by atoms with E-state index in [9.17, 15) is 0 Å². The van der Waals surface area contributed by atoms with Crippen molar-refractivity contribution in [2.75, 3.05) is 13.2 Å². The van der Waals surface area contributed by atoms with E-state index in [4.69, 9.17) is 28.8 Å². The first kappa shape index (κ1) is 14.6. The van der Waals surface area contributed by atoms with E-state index in [0.717, 1.165) is 19.3 Å². The molecular formula is C5H13ClO6. The summed E-state index contributed by atoms with van der Waals surface area (Å²) in [5.41, 5.74) is 0. The van der Waals surface area contributed by atoms with Crippen molar-refractivity contribution in [1.82, 2.24) is 0 Å². The SMILES string of the molecule is OCCCCCO.[O-][Cl+3]([O-])([O-])O. The summed E-state index contributed by atoms with van der Waals surface area (Å²) in [6.07, 6.45) is 2.58. The van der Waals surface area contributed by atoms with Crippen LogP contribution in [0, 0.1) is 10.2 Å². The maximum atomic E-state index is 8.60. The second kappa shape index (κ2) is 9.14. The van der Waals surface area contributed by atoms with Crippen LogP contribution in [0.4, 0.5) is 0 Å². The number of halogens is 1. The van der Waals surface area contributed by atoms with E-state index in [0.29, 0.717) is 0 Å². The van der Waals surface area contributed by atoms with Gasteiger partial charge in [0, 0.05) is 13.2 Å². The number of hydrogen-bond donors (Lipinski definition) is 3. The van der Waals surface area contributed by atoms with Gasteiger partial charge in [0.05, 0.1) is 14.9 Å². The smallest absolute Gasteiger partial charge is 0.0777 e. The van der Waals surface area contributed by atoms with E-state index >= 15 is 0 Å². The molecule has 7 heteroatoms. The molecule has 0 aromatic carbocycles. The molecular weight excluding hydrogens is 192 g/mol. The Morgan fingerprint density at radius 1 is 0.833 bits per heavy atom. The average molecular weight is 205 g/mol. The lowest BCUT2D eigenvalue weighted by Gasteiger charge is -2.03. The van der Waals surface area contributed by atoms with E-state index in [1.807, 2.05) is 0 Å². The van der Waals surface area contributed by atoms with E-state index in [-0.39, 0.29) is 13.2 Å². The number of aliphatic hydroxyl groups excluding tert-OH is 2. The van der Waals surface area contributed by atoms with Crippen molar-refractivity contribution >= 4 is 0 Å². The van der Waals surface area contributed by atoms with Crippen molar-refractivity contribution in [1.29, 1.82) is 0 Å². The average Bonchev–Trinajstić information content (AvgIpc) is 1.85. The largest absolute Gasteiger partial charge is 0.396 e. The minimum Gasteiger partial charge on any atom is -0.396 e. The van der Waals surface area contributed by atoms with Gasteiger partial charge in [-0.15, -0.1) is 0 Å². The molecule has 0 aromatic rings. The third kappa shape index (κ3) is 50.2. The van der Waals surface area contributed by atoms with Gasteiger partial charge in [0.15, 0.2) is 0 Å². The zero-order valence-electron chi connectivity index (χ0n) is 6.48. The van der Waals surface area contributed by atoms with Crippen molar-refractivity contribution in [2.45, 2.75) is 19.3 Å². The molecule has 0 aliphatic heterocycles. The lowest BCUT2D eigenvalue weighted by Crippen LogP contribution is -2.58. The molecule has 0 bridgehead atoms. The number of hydrogen-bond acceptors (Lipinski definition) is 6. The molecule has 76 valence electrons. The van der Waals surface area contributed by atoms with Gasteiger partial charge in [0.25, 0.3) is 0 Å². The van der Waals surface area contributed by atoms with Crippen LogP contribution in [0.25, 0.3) is 0 Å². The Balaban J connectivity index is 0. The summed E-state index contributed by atoms with van der Waals surface area (Å²) in [6, 6.07) is 0. The Bertz CT molecular complexity index is 72.5. The molecule has 6 nitrogen and oxygen atoms in total. The molecule has 0 saturated carbocycles. The zero-order valence-corrected chi connectivity index (χ0v) is 7.24. The molecule has 0 spiro atoms. The van der Waals surface area contributed by atoms with Gasteiger partial charge >= 0.3 is 0 Å². The van der Waals surface area contributed by atoms with Gasteiger partial charge in [0.1, 0.15) is 0 Å². The maximum absolute atomic E-state index is 8.60. The molecule has 0 unspecified atom stereocenters. The summed E-state index contributed by atoms with van der Waals surface area (Å²) in [6.45, 7) is 0.500. The second-order valence-corrected chi connectivity index (χ2v) is 2.70. The third-order valence-corrected chi connectivity index (χ3v) is 0.816. The zero-order chi connectivity index (χ0) is 10.0. The van der Waals surface area contributed by atoms with Crippen molar-refractivity contribution in [2.24, 2.45) is 0 Å².